The molecule has 0 bridgehead atoms. The van der Waals surface area contributed by atoms with Gasteiger partial charge in [-0.15, -0.1) is 0 Å². The zero-order valence-electron chi connectivity index (χ0n) is 10.3. The highest BCUT2D eigenvalue weighted by atomic mass is 32.1. The van der Waals surface area contributed by atoms with Gasteiger partial charge in [-0.1, -0.05) is 11.3 Å². The number of nitro groups is 1. The maximum absolute atomic E-state index is 11.3. The number of carbonyl (C=O) groups excluding carboxylic acids is 1. The summed E-state index contributed by atoms with van der Waals surface area (Å²) in [5, 5.41) is 18.2. The summed E-state index contributed by atoms with van der Waals surface area (Å²) < 4.78 is 1.42. The number of hydrogen-bond donors (Lipinski definition) is 2. The Labute approximate surface area is 112 Å². The Morgan fingerprint density at radius 3 is 3.11 bits per heavy atom. The van der Waals surface area contributed by atoms with Gasteiger partial charge in [-0.25, -0.2) is 0 Å². The van der Waals surface area contributed by atoms with Crippen molar-refractivity contribution in [2.75, 3.05) is 18.4 Å². The second-order valence-electron chi connectivity index (χ2n) is 3.73. The quantitative estimate of drug-likeness (QED) is 0.613. The molecule has 2 aromatic rings. The van der Waals surface area contributed by atoms with E-state index in [4.69, 9.17) is 0 Å². The van der Waals surface area contributed by atoms with Crippen LogP contribution in [-0.4, -0.2) is 33.3 Å². The van der Waals surface area contributed by atoms with Crippen molar-refractivity contribution in [3.05, 3.63) is 21.7 Å². The van der Waals surface area contributed by atoms with Crippen LogP contribution in [0.15, 0.2) is 11.6 Å². The molecule has 2 N–H and O–H groups in total. The van der Waals surface area contributed by atoms with Gasteiger partial charge in [0.1, 0.15) is 6.20 Å². The fourth-order valence-electron chi connectivity index (χ4n) is 1.65. The van der Waals surface area contributed by atoms with Crippen LogP contribution in [-0.2, 0) is 4.79 Å². The highest BCUT2D eigenvalue weighted by molar-refractivity contribution is 7.15. The van der Waals surface area contributed by atoms with Gasteiger partial charge in [0, 0.05) is 24.9 Å². The number of rotatable bonds is 6. The lowest BCUT2D eigenvalue weighted by molar-refractivity contribution is -0.389. The molecule has 2 heterocycles. The standard InChI is InChI=1S/C10H13N5O3S/c1-2-11-7(16)3-4-12-8-9(15(17)18)14-5-6-19-10(14)13-8/h5-6,12H,2-4H2,1H3,(H,11,16). The topological polar surface area (TPSA) is 102 Å². The summed E-state index contributed by atoms with van der Waals surface area (Å²) in [6.07, 6.45) is 1.84. The number of carbonyl (C=O) groups is 1. The molecule has 0 spiro atoms. The Balaban J connectivity index is 2.08. The Morgan fingerprint density at radius 2 is 2.42 bits per heavy atom. The van der Waals surface area contributed by atoms with Crippen molar-refractivity contribution in [2.45, 2.75) is 13.3 Å². The van der Waals surface area contributed by atoms with E-state index in [0.29, 0.717) is 18.1 Å². The van der Waals surface area contributed by atoms with Crippen LogP contribution in [0.25, 0.3) is 4.96 Å². The van der Waals surface area contributed by atoms with E-state index < -0.39 is 4.92 Å². The van der Waals surface area contributed by atoms with Crippen LogP contribution in [0.5, 0.6) is 0 Å². The van der Waals surface area contributed by atoms with E-state index in [1.165, 1.54) is 15.7 Å². The van der Waals surface area contributed by atoms with E-state index in [2.05, 4.69) is 15.6 Å². The minimum absolute atomic E-state index is 0.0984. The molecule has 2 rings (SSSR count). The maximum Gasteiger partial charge on any atom is 0.372 e. The summed E-state index contributed by atoms with van der Waals surface area (Å²) in [5.74, 6) is -0.00743. The number of fused-ring (bicyclic) bond motifs is 1. The van der Waals surface area contributed by atoms with Crippen LogP contribution in [0.2, 0.25) is 0 Å². The zero-order valence-corrected chi connectivity index (χ0v) is 11.1. The van der Waals surface area contributed by atoms with Gasteiger partial charge in [0.25, 0.3) is 4.96 Å². The lowest BCUT2D eigenvalue weighted by atomic mass is 10.4. The Hall–Kier alpha value is -2.16. The SMILES string of the molecule is CCNC(=O)CCNc1nc2sccn2c1[N+](=O)[O-]. The number of imidazole rings is 1. The molecule has 0 unspecified atom stereocenters. The van der Waals surface area contributed by atoms with E-state index >= 15 is 0 Å². The molecule has 1 amide bonds. The summed E-state index contributed by atoms with van der Waals surface area (Å²) >= 11 is 1.32. The molecule has 0 aliphatic carbocycles. The monoisotopic (exact) mass is 283 g/mol. The van der Waals surface area contributed by atoms with E-state index in [1.54, 1.807) is 11.6 Å². The van der Waals surface area contributed by atoms with Gasteiger partial charge in [-0.3, -0.25) is 4.79 Å². The number of amides is 1. The number of hydrogen-bond acceptors (Lipinski definition) is 6. The molecule has 0 atom stereocenters. The van der Waals surface area contributed by atoms with Gasteiger partial charge in [0.15, 0.2) is 0 Å². The first-order chi connectivity index (χ1) is 9.13. The van der Waals surface area contributed by atoms with Gasteiger partial charge in [0.2, 0.25) is 11.7 Å². The van der Waals surface area contributed by atoms with Crippen molar-refractivity contribution in [3.8, 4) is 0 Å². The lowest BCUT2D eigenvalue weighted by Gasteiger charge is -2.03. The molecule has 0 radical (unpaired) electrons. The van der Waals surface area contributed by atoms with E-state index in [9.17, 15) is 14.9 Å². The lowest BCUT2D eigenvalue weighted by Crippen LogP contribution is -2.24. The first-order valence-electron chi connectivity index (χ1n) is 5.74. The van der Waals surface area contributed by atoms with Crippen LogP contribution in [0.4, 0.5) is 11.6 Å². The average Bonchev–Trinajstić information content (AvgIpc) is 2.88. The molecule has 0 fully saturated rings. The van der Waals surface area contributed by atoms with Crippen molar-refractivity contribution in [3.63, 3.8) is 0 Å². The maximum atomic E-state index is 11.3. The second-order valence-corrected chi connectivity index (χ2v) is 4.60. The Morgan fingerprint density at radius 1 is 1.63 bits per heavy atom. The van der Waals surface area contributed by atoms with Crippen LogP contribution in [0.3, 0.4) is 0 Å². The second kappa shape index (κ2) is 5.65. The minimum Gasteiger partial charge on any atom is -0.362 e. The average molecular weight is 283 g/mol. The van der Waals surface area contributed by atoms with Gasteiger partial charge < -0.3 is 20.7 Å². The van der Waals surface area contributed by atoms with Crippen molar-refractivity contribution in [2.24, 2.45) is 0 Å². The third kappa shape index (κ3) is 2.81. The van der Waals surface area contributed by atoms with Crippen molar-refractivity contribution in [1.82, 2.24) is 14.7 Å². The molecule has 0 aromatic carbocycles. The minimum atomic E-state index is -0.485. The summed E-state index contributed by atoms with van der Waals surface area (Å²) in [4.78, 5) is 26.5. The molecule has 0 aliphatic heterocycles. The van der Waals surface area contributed by atoms with Crippen LogP contribution < -0.4 is 10.6 Å². The number of thiazole rings is 1. The molecular weight excluding hydrogens is 270 g/mol. The number of anilines is 1. The van der Waals surface area contributed by atoms with E-state index in [-0.39, 0.29) is 24.0 Å². The molecule has 102 valence electrons. The summed E-state index contributed by atoms with van der Waals surface area (Å²) in [7, 11) is 0. The third-order valence-corrected chi connectivity index (χ3v) is 3.18. The van der Waals surface area contributed by atoms with Crippen LogP contribution in [0, 0.1) is 10.1 Å². The highest BCUT2D eigenvalue weighted by Gasteiger charge is 2.23. The largest absolute Gasteiger partial charge is 0.372 e. The molecule has 9 heteroatoms. The van der Waals surface area contributed by atoms with E-state index in [1.807, 2.05) is 6.92 Å². The normalized spacial score (nSPS) is 10.6. The molecule has 0 saturated carbocycles. The molecule has 8 nitrogen and oxygen atoms in total. The summed E-state index contributed by atoms with van der Waals surface area (Å²) in [6, 6.07) is 0. The highest BCUT2D eigenvalue weighted by Crippen LogP contribution is 2.27. The molecular formula is C10H13N5O3S. The predicted molar refractivity (Wildman–Crippen MR) is 71.5 cm³/mol. The Bertz CT molecular complexity index is 605. The van der Waals surface area contributed by atoms with Crippen LogP contribution in [0.1, 0.15) is 13.3 Å². The zero-order chi connectivity index (χ0) is 13.8. The summed E-state index contributed by atoms with van der Waals surface area (Å²) in [5.41, 5.74) is 0. The predicted octanol–water partition coefficient (Wildman–Crippen LogP) is 1.24. The molecule has 19 heavy (non-hydrogen) atoms. The van der Waals surface area contributed by atoms with Gasteiger partial charge in [-0.2, -0.15) is 9.38 Å². The van der Waals surface area contributed by atoms with Crippen molar-refractivity contribution in [1.29, 1.82) is 0 Å². The number of nitrogens with one attached hydrogen (secondary N) is 2. The first kappa shape index (κ1) is 13.3. The molecule has 2 aromatic heterocycles. The fraction of sp³-hybridized carbons (Fsp3) is 0.400. The number of aromatic nitrogens is 2. The van der Waals surface area contributed by atoms with Gasteiger partial charge >= 0.3 is 5.82 Å². The van der Waals surface area contributed by atoms with Gasteiger partial charge in [-0.05, 0) is 11.8 Å². The van der Waals surface area contributed by atoms with E-state index in [0.717, 1.165) is 0 Å². The molecule has 0 aliphatic rings. The first-order valence-corrected chi connectivity index (χ1v) is 6.62. The Kier molecular flexibility index (Phi) is 3.95. The smallest absolute Gasteiger partial charge is 0.362 e. The van der Waals surface area contributed by atoms with Crippen molar-refractivity contribution < 1.29 is 9.72 Å². The number of nitrogens with zero attached hydrogens (tertiary/aromatic N) is 3. The van der Waals surface area contributed by atoms with Crippen molar-refractivity contribution >= 4 is 33.8 Å². The third-order valence-electron chi connectivity index (χ3n) is 2.43. The summed E-state index contributed by atoms with van der Waals surface area (Å²) in [6.45, 7) is 2.70. The van der Waals surface area contributed by atoms with Gasteiger partial charge in [0.05, 0.1) is 0 Å². The fourth-order valence-corrected chi connectivity index (χ4v) is 2.36. The van der Waals surface area contributed by atoms with Crippen LogP contribution >= 0.6 is 11.3 Å². The molecule has 0 saturated heterocycles.